The highest BCUT2D eigenvalue weighted by Crippen LogP contribution is 2.25. The number of benzene rings is 1. The first kappa shape index (κ1) is 14.7. The van der Waals surface area contributed by atoms with Crippen LogP contribution in [0.15, 0.2) is 18.2 Å². The van der Waals surface area contributed by atoms with E-state index in [2.05, 4.69) is 19.2 Å². The van der Waals surface area contributed by atoms with E-state index in [1.54, 1.807) is 32.4 Å². The van der Waals surface area contributed by atoms with Crippen molar-refractivity contribution in [2.75, 3.05) is 27.3 Å². The van der Waals surface area contributed by atoms with Gasteiger partial charge >= 0.3 is 0 Å². The molecule has 0 aromatic heterocycles. The van der Waals surface area contributed by atoms with Crippen LogP contribution in [0.2, 0.25) is 0 Å². The third kappa shape index (κ3) is 2.88. The fourth-order valence-electron chi connectivity index (χ4n) is 2.61. The van der Waals surface area contributed by atoms with E-state index in [0.29, 0.717) is 17.1 Å². The number of rotatable bonds is 3. The number of hydrogen-bond donors (Lipinski definition) is 1. The van der Waals surface area contributed by atoms with Gasteiger partial charge in [0, 0.05) is 36.8 Å². The molecule has 1 fully saturated rings. The van der Waals surface area contributed by atoms with Crippen molar-refractivity contribution in [3.63, 3.8) is 0 Å². The summed E-state index contributed by atoms with van der Waals surface area (Å²) in [5.74, 6) is 1.27. The normalized spacial score (nSPS) is 22.5. The Hall–Kier alpha value is -1.75. The molecule has 2 rings (SSSR count). The van der Waals surface area contributed by atoms with Gasteiger partial charge in [0.25, 0.3) is 5.91 Å². The number of amides is 1. The van der Waals surface area contributed by atoms with E-state index in [0.717, 1.165) is 13.1 Å². The molecule has 0 aliphatic carbocycles. The number of carbonyl (C=O) groups is 1. The standard InChI is InChI=1S/C15H22N2O3/c1-10-8-16-9-11(2)17(10)15(18)12-5-13(19-3)7-14(6-12)20-4/h5-7,10-11,16H,8-9H2,1-4H3. The lowest BCUT2D eigenvalue weighted by Gasteiger charge is -2.39. The summed E-state index contributed by atoms with van der Waals surface area (Å²) < 4.78 is 10.5. The minimum atomic E-state index is 0.0173. The van der Waals surface area contributed by atoms with Gasteiger partial charge in [0.15, 0.2) is 0 Å². The van der Waals surface area contributed by atoms with E-state index >= 15 is 0 Å². The monoisotopic (exact) mass is 278 g/mol. The summed E-state index contributed by atoms with van der Waals surface area (Å²) in [6.45, 7) is 5.74. The number of carbonyl (C=O) groups excluding carboxylic acids is 1. The summed E-state index contributed by atoms with van der Waals surface area (Å²) in [4.78, 5) is 14.7. The Morgan fingerprint density at radius 1 is 1.10 bits per heavy atom. The Labute approximate surface area is 119 Å². The summed E-state index contributed by atoms with van der Waals surface area (Å²) in [6, 6.07) is 5.62. The highest BCUT2D eigenvalue weighted by Gasteiger charge is 2.29. The number of ether oxygens (including phenoxy) is 2. The van der Waals surface area contributed by atoms with Crippen LogP contribution in [0.25, 0.3) is 0 Å². The van der Waals surface area contributed by atoms with Gasteiger partial charge in [-0.25, -0.2) is 0 Å². The largest absolute Gasteiger partial charge is 0.497 e. The molecular weight excluding hydrogens is 256 g/mol. The average molecular weight is 278 g/mol. The molecule has 20 heavy (non-hydrogen) atoms. The van der Waals surface area contributed by atoms with Crippen molar-refractivity contribution in [3.05, 3.63) is 23.8 Å². The maximum Gasteiger partial charge on any atom is 0.254 e. The van der Waals surface area contributed by atoms with Gasteiger partial charge in [-0.2, -0.15) is 0 Å². The lowest BCUT2D eigenvalue weighted by atomic mass is 10.1. The van der Waals surface area contributed by atoms with Crippen LogP contribution < -0.4 is 14.8 Å². The summed E-state index contributed by atoms with van der Waals surface area (Å²) in [5.41, 5.74) is 0.599. The van der Waals surface area contributed by atoms with Gasteiger partial charge in [0.1, 0.15) is 11.5 Å². The summed E-state index contributed by atoms with van der Waals surface area (Å²) >= 11 is 0. The molecule has 1 N–H and O–H groups in total. The van der Waals surface area contributed by atoms with Gasteiger partial charge in [0.2, 0.25) is 0 Å². The van der Waals surface area contributed by atoms with E-state index in [1.165, 1.54) is 0 Å². The maximum atomic E-state index is 12.7. The van der Waals surface area contributed by atoms with Gasteiger partial charge < -0.3 is 19.7 Å². The van der Waals surface area contributed by atoms with Gasteiger partial charge in [-0.3, -0.25) is 4.79 Å². The molecule has 1 heterocycles. The van der Waals surface area contributed by atoms with E-state index in [4.69, 9.17) is 9.47 Å². The minimum Gasteiger partial charge on any atom is -0.497 e. The SMILES string of the molecule is COc1cc(OC)cc(C(=O)N2C(C)CNCC2C)c1. The van der Waals surface area contributed by atoms with Crippen molar-refractivity contribution in [2.24, 2.45) is 0 Å². The zero-order valence-electron chi connectivity index (χ0n) is 12.5. The number of nitrogens with zero attached hydrogens (tertiary/aromatic N) is 1. The summed E-state index contributed by atoms with van der Waals surface area (Å²) in [5, 5.41) is 3.32. The van der Waals surface area contributed by atoms with Crippen LogP contribution in [0.1, 0.15) is 24.2 Å². The highest BCUT2D eigenvalue weighted by atomic mass is 16.5. The topological polar surface area (TPSA) is 50.8 Å². The van der Waals surface area contributed by atoms with Crippen LogP contribution in [0, 0.1) is 0 Å². The van der Waals surface area contributed by atoms with Gasteiger partial charge in [-0.1, -0.05) is 0 Å². The Morgan fingerprint density at radius 3 is 2.05 bits per heavy atom. The Bertz CT molecular complexity index is 458. The molecule has 1 aromatic rings. The molecule has 110 valence electrons. The van der Waals surface area contributed by atoms with Crippen molar-refractivity contribution in [1.82, 2.24) is 10.2 Å². The Balaban J connectivity index is 2.32. The number of methoxy groups -OCH3 is 2. The summed E-state index contributed by atoms with van der Waals surface area (Å²) in [7, 11) is 3.16. The van der Waals surface area contributed by atoms with Crippen molar-refractivity contribution < 1.29 is 14.3 Å². The molecule has 0 saturated carbocycles. The molecule has 0 radical (unpaired) electrons. The predicted octanol–water partition coefficient (Wildman–Crippen LogP) is 1.53. The molecule has 1 aliphatic heterocycles. The first-order valence-corrected chi connectivity index (χ1v) is 6.83. The van der Waals surface area contributed by atoms with E-state index in [-0.39, 0.29) is 18.0 Å². The van der Waals surface area contributed by atoms with Gasteiger partial charge in [-0.05, 0) is 26.0 Å². The predicted molar refractivity (Wildman–Crippen MR) is 77.5 cm³/mol. The first-order valence-electron chi connectivity index (χ1n) is 6.83. The van der Waals surface area contributed by atoms with Gasteiger partial charge in [0.05, 0.1) is 14.2 Å². The lowest BCUT2D eigenvalue weighted by Crippen LogP contribution is -2.57. The van der Waals surface area contributed by atoms with E-state index < -0.39 is 0 Å². The average Bonchev–Trinajstić information content (AvgIpc) is 2.46. The smallest absolute Gasteiger partial charge is 0.254 e. The minimum absolute atomic E-state index is 0.0173. The fraction of sp³-hybridized carbons (Fsp3) is 0.533. The molecule has 1 aromatic carbocycles. The zero-order chi connectivity index (χ0) is 14.7. The molecule has 0 spiro atoms. The molecule has 0 bridgehead atoms. The second-order valence-electron chi connectivity index (χ2n) is 5.17. The number of piperazine rings is 1. The van der Waals surface area contributed by atoms with Crippen LogP contribution in [0.5, 0.6) is 11.5 Å². The van der Waals surface area contributed by atoms with Crippen molar-refractivity contribution in [3.8, 4) is 11.5 Å². The van der Waals surface area contributed by atoms with Crippen LogP contribution in [0.4, 0.5) is 0 Å². The van der Waals surface area contributed by atoms with Crippen molar-refractivity contribution in [2.45, 2.75) is 25.9 Å². The third-order valence-corrected chi connectivity index (χ3v) is 3.66. The molecule has 1 saturated heterocycles. The first-order chi connectivity index (χ1) is 9.56. The quantitative estimate of drug-likeness (QED) is 0.911. The van der Waals surface area contributed by atoms with Crippen LogP contribution >= 0.6 is 0 Å². The molecule has 5 heteroatoms. The third-order valence-electron chi connectivity index (χ3n) is 3.66. The molecule has 2 atom stereocenters. The second-order valence-corrected chi connectivity index (χ2v) is 5.17. The lowest BCUT2D eigenvalue weighted by molar-refractivity contribution is 0.0543. The molecule has 2 unspecified atom stereocenters. The zero-order valence-corrected chi connectivity index (χ0v) is 12.5. The van der Waals surface area contributed by atoms with Gasteiger partial charge in [-0.15, -0.1) is 0 Å². The number of hydrogen-bond acceptors (Lipinski definition) is 4. The molecular formula is C15H22N2O3. The van der Waals surface area contributed by atoms with E-state index in [9.17, 15) is 4.79 Å². The summed E-state index contributed by atoms with van der Waals surface area (Å²) in [6.07, 6.45) is 0. The van der Waals surface area contributed by atoms with Crippen molar-refractivity contribution >= 4 is 5.91 Å². The van der Waals surface area contributed by atoms with Crippen molar-refractivity contribution in [1.29, 1.82) is 0 Å². The molecule has 1 amide bonds. The molecule has 1 aliphatic rings. The maximum absolute atomic E-state index is 12.7. The Morgan fingerprint density at radius 2 is 1.60 bits per heavy atom. The second kappa shape index (κ2) is 6.13. The fourth-order valence-corrected chi connectivity index (χ4v) is 2.61. The Kier molecular flexibility index (Phi) is 4.49. The molecule has 5 nitrogen and oxygen atoms in total. The van der Waals surface area contributed by atoms with Crippen LogP contribution in [-0.2, 0) is 0 Å². The van der Waals surface area contributed by atoms with Crippen LogP contribution in [-0.4, -0.2) is 50.2 Å². The van der Waals surface area contributed by atoms with Crippen LogP contribution in [0.3, 0.4) is 0 Å². The van der Waals surface area contributed by atoms with E-state index in [1.807, 2.05) is 4.90 Å². The number of nitrogens with one attached hydrogen (secondary N) is 1. The highest BCUT2D eigenvalue weighted by molar-refractivity contribution is 5.95.